The highest BCUT2D eigenvalue weighted by Crippen LogP contribution is 2.34. The maximum atomic E-state index is 12.4. The highest BCUT2D eigenvalue weighted by Gasteiger charge is 2.24. The summed E-state index contributed by atoms with van der Waals surface area (Å²) in [5, 5.41) is 0. The van der Waals surface area contributed by atoms with Gasteiger partial charge in [0.2, 0.25) is 0 Å². The van der Waals surface area contributed by atoms with Gasteiger partial charge in [-0.05, 0) is 19.1 Å². The molecule has 1 aromatic rings. The molecule has 2 rings (SSSR count). The van der Waals surface area contributed by atoms with Gasteiger partial charge in [0.25, 0.3) is 5.91 Å². The molecule has 0 spiro atoms. The van der Waals surface area contributed by atoms with Gasteiger partial charge in [0, 0.05) is 19.6 Å². The highest BCUT2D eigenvalue weighted by atomic mass is 35.5. The van der Waals surface area contributed by atoms with E-state index in [1.54, 1.807) is 30.1 Å². The summed E-state index contributed by atoms with van der Waals surface area (Å²) >= 11 is 0. The van der Waals surface area contributed by atoms with Crippen LogP contribution in [0.15, 0.2) is 18.2 Å². The number of ether oxygens (including phenoxy) is 2. The lowest BCUT2D eigenvalue weighted by atomic mass is 10.1. The van der Waals surface area contributed by atoms with Crippen molar-refractivity contribution in [2.45, 2.75) is 13.0 Å². The molecule has 1 aromatic carbocycles. The predicted octanol–water partition coefficient (Wildman–Crippen LogP) is 1.30. The van der Waals surface area contributed by atoms with E-state index in [2.05, 4.69) is 0 Å². The molecule has 0 bridgehead atoms. The molecule has 5 nitrogen and oxygen atoms in total. The van der Waals surface area contributed by atoms with Crippen LogP contribution in [0.2, 0.25) is 0 Å². The van der Waals surface area contributed by atoms with Gasteiger partial charge >= 0.3 is 0 Å². The van der Waals surface area contributed by atoms with Gasteiger partial charge in [-0.3, -0.25) is 4.79 Å². The van der Waals surface area contributed by atoms with Crippen LogP contribution in [0.3, 0.4) is 0 Å². The Hall–Kier alpha value is -1.46. The first-order chi connectivity index (χ1) is 8.65. The Morgan fingerprint density at radius 2 is 2.11 bits per heavy atom. The van der Waals surface area contributed by atoms with Crippen molar-refractivity contribution < 1.29 is 14.3 Å². The van der Waals surface area contributed by atoms with Crippen LogP contribution < -0.4 is 15.2 Å². The van der Waals surface area contributed by atoms with Gasteiger partial charge in [-0.25, -0.2) is 0 Å². The Morgan fingerprint density at radius 1 is 1.42 bits per heavy atom. The van der Waals surface area contributed by atoms with Crippen molar-refractivity contribution in [2.75, 3.05) is 26.8 Å². The number of carbonyl (C=O) groups is 1. The Morgan fingerprint density at radius 3 is 2.79 bits per heavy atom. The number of rotatable bonds is 3. The van der Waals surface area contributed by atoms with Crippen LogP contribution >= 0.6 is 12.4 Å². The molecule has 6 heteroatoms. The van der Waals surface area contributed by atoms with E-state index in [1.165, 1.54) is 0 Å². The maximum absolute atomic E-state index is 12.4. The number of carbonyl (C=O) groups excluding carboxylic acids is 1. The third-order valence-electron chi connectivity index (χ3n) is 3.12. The topological polar surface area (TPSA) is 64.8 Å². The molecule has 0 aliphatic carbocycles. The van der Waals surface area contributed by atoms with Gasteiger partial charge in [0.15, 0.2) is 11.5 Å². The number of likely N-dealkylation sites (N-methyl/N-ethyl adjacent to an activating group) is 1. The Bertz CT molecular complexity index is 454. The fourth-order valence-electron chi connectivity index (χ4n) is 1.79. The van der Waals surface area contributed by atoms with Crippen LogP contribution in [-0.2, 0) is 0 Å². The first-order valence-electron chi connectivity index (χ1n) is 6.01. The van der Waals surface area contributed by atoms with Crippen LogP contribution in [0.4, 0.5) is 0 Å². The van der Waals surface area contributed by atoms with Crippen molar-refractivity contribution in [1.29, 1.82) is 0 Å². The first kappa shape index (κ1) is 15.6. The first-order valence-corrected chi connectivity index (χ1v) is 6.01. The van der Waals surface area contributed by atoms with E-state index in [0.29, 0.717) is 36.8 Å². The summed E-state index contributed by atoms with van der Waals surface area (Å²) in [7, 11) is 1.74. The monoisotopic (exact) mass is 286 g/mol. The standard InChI is InChI=1S/C13H18N2O3.ClH/c1-9(8-14)15(2)13(16)10-4-3-5-11-12(10)18-7-6-17-11;/h3-5,9H,6-8,14H2,1-2H3;1H. The molecule has 2 N–H and O–H groups in total. The van der Waals surface area contributed by atoms with Crippen molar-refractivity contribution >= 4 is 18.3 Å². The smallest absolute Gasteiger partial charge is 0.257 e. The number of amides is 1. The van der Waals surface area contributed by atoms with E-state index in [9.17, 15) is 4.79 Å². The van der Waals surface area contributed by atoms with Crippen molar-refractivity contribution in [3.63, 3.8) is 0 Å². The second kappa shape index (κ2) is 6.63. The van der Waals surface area contributed by atoms with E-state index in [1.807, 2.05) is 6.92 Å². The largest absolute Gasteiger partial charge is 0.486 e. The van der Waals surface area contributed by atoms with Crippen LogP contribution in [0, 0.1) is 0 Å². The molecule has 1 unspecified atom stereocenters. The highest BCUT2D eigenvalue weighted by molar-refractivity contribution is 5.97. The average Bonchev–Trinajstić information content (AvgIpc) is 2.44. The summed E-state index contributed by atoms with van der Waals surface area (Å²) in [6.45, 7) is 3.31. The summed E-state index contributed by atoms with van der Waals surface area (Å²) < 4.78 is 11.0. The molecule has 0 saturated heterocycles. The zero-order valence-corrected chi connectivity index (χ0v) is 11.9. The third kappa shape index (κ3) is 3.11. The Kier molecular flexibility index (Phi) is 5.44. The van der Waals surface area contributed by atoms with Gasteiger partial charge < -0.3 is 20.1 Å². The minimum absolute atomic E-state index is 0. The van der Waals surface area contributed by atoms with Crippen molar-refractivity contribution in [1.82, 2.24) is 4.90 Å². The number of hydrogen-bond donors (Lipinski definition) is 1. The normalized spacial score (nSPS) is 14.3. The van der Waals surface area contributed by atoms with Gasteiger partial charge in [-0.15, -0.1) is 12.4 Å². The van der Waals surface area contributed by atoms with Crippen LogP contribution in [0.1, 0.15) is 17.3 Å². The number of nitrogens with two attached hydrogens (primary N) is 1. The lowest BCUT2D eigenvalue weighted by molar-refractivity contribution is 0.0738. The second-order valence-corrected chi connectivity index (χ2v) is 4.33. The lowest BCUT2D eigenvalue weighted by Crippen LogP contribution is -2.40. The molecule has 19 heavy (non-hydrogen) atoms. The fourth-order valence-corrected chi connectivity index (χ4v) is 1.79. The minimum atomic E-state index is -0.102. The number of hydrogen-bond acceptors (Lipinski definition) is 4. The molecule has 1 heterocycles. The van der Waals surface area contributed by atoms with E-state index in [4.69, 9.17) is 15.2 Å². The molecule has 0 fully saturated rings. The molecular weight excluding hydrogens is 268 g/mol. The number of para-hydroxylation sites is 1. The number of fused-ring (bicyclic) bond motifs is 1. The second-order valence-electron chi connectivity index (χ2n) is 4.33. The maximum Gasteiger partial charge on any atom is 0.257 e. The summed E-state index contributed by atoms with van der Waals surface area (Å²) in [5.74, 6) is 1.06. The van der Waals surface area contributed by atoms with Gasteiger partial charge in [0.1, 0.15) is 13.2 Å². The van der Waals surface area contributed by atoms with E-state index in [-0.39, 0.29) is 24.4 Å². The summed E-state index contributed by atoms with van der Waals surface area (Å²) in [6, 6.07) is 5.33. The zero-order chi connectivity index (χ0) is 13.1. The van der Waals surface area contributed by atoms with Crippen molar-refractivity contribution in [3.8, 4) is 11.5 Å². The Labute approximate surface area is 119 Å². The minimum Gasteiger partial charge on any atom is -0.486 e. The van der Waals surface area contributed by atoms with Crippen LogP contribution in [0.25, 0.3) is 0 Å². The quantitative estimate of drug-likeness (QED) is 0.910. The van der Waals surface area contributed by atoms with Crippen molar-refractivity contribution in [3.05, 3.63) is 23.8 Å². The SMILES string of the molecule is CC(CN)N(C)C(=O)c1cccc2c1OCCO2.Cl. The predicted molar refractivity (Wildman–Crippen MR) is 75.3 cm³/mol. The van der Waals surface area contributed by atoms with E-state index >= 15 is 0 Å². The summed E-state index contributed by atoms with van der Waals surface area (Å²) in [4.78, 5) is 14.0. The molecular formula is C13H19ClN2O3. The van der Waals surface area contributed by atoms with E-state index in [0.717, 1.165) is 0 Å². The van der Waals surface area contributed by atoms with Crippen LogP contribution in [0.5, 0.6) is 11.5 Å². The van der Waals surface area contributed by atoms with E-state index < -0.39 is 0 Å². The molecule has 106 valence electrons. The summed E-state index contributed by atoms with van der Waals surface area (Å²) in [6.07, 6.45) is 0. The molecule has 0 radical (unpaired) electrons. The Balaban J connectivity index is 0.00000180. The van der Waals surface area contributed by atoms with Gasteiger partial charge in [0.05, 0.1) is 5.56 Å². The molecule has 1 aliphatic heterocycles. The molecule has 1 aliphatic rings. The third-order valence-corrected chi connectivity index (χ3v) is 3.12. The number of benzene rings is 1. The van der Waals surface area contributed by atoms with Crippen LogP contribution in [-0.4, -0.2) is 43.7 Å². The molecule has 0 saturated carbocycles. The zero-order valence-electron chi connectivity index (χ0n) is 11.1. The van der Waals surface area contributed by atoms with Gasteiger partial charge in [-0.2, -0.15) is 0 Å². The average molecular weight is 287 g/mol. The summed E-state index contributed by atoms with van der Waals surface area (Å²) in [5.41, 5.74) is 6.10. The molecule has 1 atom stereocenters. The molecule has 1 amide bonds. The molecule has 0 aromatic heterocycles. The number of halogens is 1. The number of nitrogens with zero attached hydrogens (tertiary/aromatic N) is 1. The van der Waals surface area contributed by atoms with Gasteiger partial charge in [-0.1, -0.05) is 6.07 Å². The van der Waals surface area contributed by atoms with Crippen molar-refractivity contribution in [2.24, 2.45) is 5.73 Å². The lowest BCUT2D eigenvalue weighted by Gasteiger charge is -2.26. The fraction of sp³-hybridized carbons (Fsp3) is 0.462.